The Balaban J connectivity index is 2.75. The molecular formula is C16H25NO4. The van der Waals surface area contributed by atoms with E-state index in [4.69, 9.17) is 14.6 Å². The van der Waals surface area contributed by atoms with Crippen LogP contribution in [0, 0.1) is 0 Å². The number of ether oxygens (including phenoxy) is 2. The quantitative estimate of drug-likeness (QED) is 0.759. The second-order valence-electron chi connectivity index (χ2n) is 5.28. The van der Waals surface area contributed by atoms with E-state index in [0.29, 0.717) is 12.5 Å². The molecule has 1 rings (SSSR count). The molecule has 0 aliphatic carbocycles. The van der Waals surface area contributed by atoms with Crippen LogP contribution >= 0.6 is 0 Å². The summed E-state index contributed by atoms with van der Waals surface area (Å²) in [5.41, 5.74) is 1.09. The Kier molecular flexibility index (Phi) is 7.02. The van der Waals surface area contributed by atoms with Gasteiger partial charge in [-0.05, 0) is 44.5 Å². The second-order valence-corrected chi connectivity index (χ2v) is 5.28. The Bertz CT molecular complexity index is 437. The molecule has 0 heterocycles. The minimum atomic E-state index is -0.748. The zero-order valence-electron chi connectivity index (χ0n) is 13.3. The summed E-state index contributed by atoms with van der Waals surface area (Å²) in [4.78, 5) is 12.9. The summed E-state index contributed by atoms with van der Waals surface area (Å²) in [5.74, 6) is 0.777. The highest BCUT2D eigenvalue weighted by molar-refractivity contribution is 5.66. The number of methoxy groups -OCH3 is 2. The van der Waals surface area contributed by atoms with Crippen molar-refractivity contribution in [1.82, 2.24) is 4.90 Å². The van der Waals surface area contributed by atoms with Crippen LogP contribution in [-0.2, 0) is 11.3 Å². The molecule has 0 radical (unpaired) electrons. The van der Waals surface area contributed by atoms with Crippen molar-refractivity contribution in [2.75, 3.05) is 20.8 Å². The molecule has 21 heavy (non-hydrogen) atoms. The molecule has 0 amide bonds. The topological polar surface area (TPSA) is 59.0 Å². The van der Waals surface area contributed by atoms with E-state index < -0.39 is 5.97 Å². The molecule has 0 saturated carbocycles. The van der Waals surface area contributed by atoms with Crippen LogP contribution in [-0.4, -0.2) is 42.8 Å². The van der Waals surface area contributed by atoms with E-state index >= 15 is 0 Å². The Morgan fingerprint density at radius 2 is 1.76 bits per heavy atom. The van der Waals surface area contributed by atoms with Crippen LogP contribution in [0.25, 0.3) is 0 Å². The first-order valence-electron chi connectivity index (χ1n) is 7.14. The summed E-state index contributed by atoms with van der Waals surface area (Å²) < 4.78 is 10.6. The molecule has 0 fully saturated rings. The van der Waals surface area contributed by atoms with Crippen molar-refractivity contribution in [3.8, 4) is 11.5 Å². The van der Waals surface area contributed by atoms with Gasteiger partial charge in [-0.3, -0.25) is 9.69 Å². The molecule has 0 aliphatic heterocycles. The van der Waals surface area contributed by atoms with Crippen LogP contribution in [0.2, 0.25) is 0 Å². The number of carboxylic acid groups (broad SMARTS) is 1. The van der Waals surface area contributed by atoms with Gasteiger partial charge < -0.3 is 14.6 Å². The maximum absolute atomic E-state index is 10.6. The lowest BCUT2D eigenvalue weighted by Gasteiger charge is -2.26. The minimum absolute atomic E-state index is 0.199. The van der Waals surface area contributed by atoms with Crippen molar-refractivity contribution < 1.29 is 19.4 Å². The summed E-state index contributed by atoms with van der Waals surface area (Å²) >= 11 is 0. The van der Waals surface area contributed by atoms with Crippen molar-refractivity contribution in [2.24, 2.45) is 0 Å². The molecule has 0 aliphatic rings. The fraction of sp³-hybridized carbons (Fsp3) is 0.562. The molecule has 1 aromatic carbocycles. The van der Waals surface area contributed by atoms with Crippen LogP contribution in [0.4, 0.5) is 0 Å². The molecule has 0 saturated heterocycles. The predicted molar refractivity (Wildman–Crippen MR) is 82.0 cm³/mol. The van der Waals surface area contributed by atoms with Gasteiger partial charge in [0.15, 0.2) is 0 Å². The molecule has 0 atom stereocenters. The summed E-state index contributed by atoms with van der Waals surface area (Å²) in [6.07, 6.45) is 0.846. The Hall–Kier alpha value is -1.75. The van der Waals surface area contributed by atoms with Gasteiger partial charge in [0, 0.05) is 25.1 Å². The summed E-state index contributed by atoms with van der Waals surface area (Å²) in [5, 5.41) is 8.74. The first-order valence-corrected chi connectivity index (χ1v) is 7.14. The summed E-state index contributed by atoms with van der Waals surface area (Å²) in [7, 11) is 3.26. The van der Waals surface area contributed by atoms with E-state index in [-0.39, 0.29) is 6.42 Å². The molecular weight excluding hydrogens is 270 g/mol. The third-order valence-electron chi connectivity index (χ3n) is 3.36. The fourth-order valence-electron chi connectivity index (χ4n) is 2.15. The largest absolute Gasteiger partial charge is 0.497 e. The van der Waals surface area contributed by atoms with E-state index in [1.54, 1.807) is 14.2 Å². The molecule has 118 valence electrons. The normalized spacial score (nSPS) is 11.0. The number of rotatable bonds is 9. The highest BCUT2D eigenvalue weighted by Crippen LogP contribution is 2.24. The van der Waals surface area contributed by atoms with E-state index in [1.807, 2.05) is 18.2 Å². The van der Waals surface area contributed by atoms with E-state index in [9.17, 15) is 4.79 Å². The maximum Gasteiger partial charge on any atom is 0.303 e. The number of hydrogen-bond acceptors (Lipinski definition) is 4. The van der Waals surface area contributed by atoms with Crippen LogP contribution < -0.4 is 9.47 Å². The first kappa shape index (κ1) is 17.3. The fourth-order valence-corrected chi connectivity index (χ4v) is 2.15. The molecule has 0 bridgehead atoms. The van der Waals surface area contributed by atoms with Crippen molar-refractivity contribution >= 4 is 5.97 Å². The molecule has 1 aromatic rings. The molecule has 0 unspecified atom stereocenters. The second kappa shape index (κ2) is 8.52. The minimum Gasteiger partial charge on any atom is -0.497 e. The van der Waals surface area contributed by atoms with Crippen molar-refractivity contribution in [3.63, 3.8) is 0 Å². The van der Waals surface area contributed by atoms with Gasteiger partial charge in [-0.15, -0.1) is 0 Å². The van der Waals surface area contributed by atoms with Gasteiger partial charge in [-0.25, -0.2) is 0 Å². The van der Waals surface area contributed by atoms with E-state index in [2.05, 4.69) is 18.7 Å². The molecule has 5 nitrogen and oxygen atoms in total. The van der Waals surface area contributed by atoms with E-state index in [0.717, 1.165) is 30.2 Å². The number of aliphatic carboxylic acids is 1. The third kappa shape index (κ3) is 6.04. The SMILES string of the molecule is COc1cc(CN(CCCC(=O)O)C(C)C)cc(OC)c1. The summed E-state index contributed by atoms with van der Waals surface area (Å²) in [6, 6.07) is 6.15. The molecule has 1 N–H and O–H groups in total. The van der Waals surface area contributed by atoms with Gasteiger partial charge in [-0.2, -0.15) is 0 Å². The highest BCUT2D eigenvalue weighted by Gasteiger charge is 2.12. The van der Waals surface area contributed by atoms with Gasteiger partial charge in [0.1, 0.15) is 11.5 Å². The first-order chi connectivity index (χ1) is 9.96. The molecule has 0 spiro atoms. The van der Waals surface area contributed by atoms with Crippen LogP contribution in [0.15, 0.2) is 18.2 Å². The zero-order valence-corrected chi connectivity index (χ0v) is 13.3. The predicted octanol–water partition coefficient (Wildman–Crippen LogP) is 2.78. The monoisotopic (exact) mass is 295 g/mol. The number of hydrogen-bond donors (Lipinski definition) is 1. The Morgan fingerprint density at radius 1 is 1.19 bits per heavy atom. The maximum atomic E-state index is 10.6. The standard InChI is InChI=1S/C16H25NO4/c1-12(2)17(7-5-6-16(18)19)11-13-8-14(20-3)10-15(9-13)21-4/h8-10,12H,5-7,11H2,1-4H3,(H,18,19). The van der Waals surface area contributed by atoms with Crippen molar-refractivity contribution in [2.45, 2.75) is 39.3 Å². The lowest BCUT2D eigenvalue weighted by molar-refractivity contribution is -0.137. The smallest absolute Gasteiger partial charge is 0.303 e. The van der Waals surface area contributed by atoms with Crippen LogP contribution in [0.5, 0.6) is 11.5 Å². The Morgan fingerprint density at radius 3 is 2.19 bits per heavy atom. The van der Waals surface area contributed by atoms with E-state index in [1.165, 1.54) is 0 Å². The average molecular weight is 295 g/mol. The highest BCUT2D eigenvalue weighted by atomic mass is 16.5. The van der Waals surface area contributed by atoms with Gasteiger partial charge in [0.25, 0.3) is 0 Å². The van der Waals surface area contributed by atoms with Gasteiger partial charge in [-0.1, -0.05) is 0 Å². The van der Waals surface area contributed by atoms with Gasteiger partial charge >= 0.3 is 5.97 Å². The number of nitrogens with zero attached hydrogens (tertiary/aromatic N) is 1. The van der Waals surface area contributed by atoms with Crippen LogP contribution in [0.3, 0.4) is 0 Å². The number of carboxylic acids is 1. The average Bonchev–Trinajstić information content (AvgIpc) is 2.45. The molecule has 5 heteroatoms. The number of carbonyl (C=O) groups is 1. The summed E-state index contributed by atoms with van der Waals surface area (Å²) in [6.45, 7) is 5.71. The van der Waals surface area contributed by atoms with Crippen LogP contribution in [0.1, 0.15) is 32.3 Å². The zero-order chi connectivity index (χ0) is 15.8. The van der Waals surface area contributed by atoms with Crippen molar-refractivity contribution in [1.29, 1.82) is 0 Å². The van der Waals surface area contributed by atoms with Gasteiger partial charge in [0.05, 0.1) is 14.2 Å². The number of benzene rings is 1. The lowest BCUT2D eigenvalue weighted by Crippen LogP contribution is -2.31. The lowest BCUT2D eigenvalue weighted by atomic mass is 10.1. The van der Waals surface area contributed by atoms with Gasteiger partial charge in [0.2, 0.25) is 0 Å². The molecule has 0 aromatic heterocycles. The Labute approximate surface area is 126 Å². The third-order valence-corrected chi connectivity index (χ3v) is 3.36. The van der Waals surface area contributed by atoms with Crippen molar-refractivity contribution in [3.05, 3.63) is 23.8 Å².